The number of hydrogen-bond acceptors (Lipinski definition) is 2. The maximum Gasteiger partial charge on any atom is 0.0272 e. The van der Waals surface area contributed by atoms with Gasteiger partial charge in [-0.25, -0.2) is 0 Å². The van der Waals surface area contributed by atoms with Crippen LogP contribution in [0.2, 0.25) is 0 Å². The highest BCUT2D eigenvalue weighted by Gasteiger charge is 2.21. The fraction of sp³-hybridized carbons (Fsp3) is 0.846. The van der Waals surface area contributed by atoms with Crippen LogP contribution in [0.3, 0.4) is 0 Å². The van der Waals surface area contributed by atoms with E-state index in [-0.39, 0.29) is 0 Å². The van der Waals surface area contributed by atoms with Crippen molar-refractivity contribution in [2.75, 3.05) is 34.7 Å². The fourth-order valence-electron chi connectivity index (χ4n) is 2.44. The quantitative estimate of drug-likeness (QED) is 0.656. The predicted molar refractivity (Wildman–Crippen MR) is 67.1 cm³/mol. The number of rotatable bonds is 4. The third kappa shape index (κ3) is 3.96. The average Bonchev–Trinajstić information content (AvgIpc) is 2.17. The molecule has 3 unspecified atom stereocenters. The molecule has 0 spiro atoms. The Kier molecular flexibility index (Phi) is 4.81. The molecule has 0 amide bonds. The van der Waals surface area contributed by atoms with Crippen molar-refractivity contribution in [3.05, 3.63) is 12.2 Å². The second kappa shape index (κ2) is 5.66. The SMILES string of the molecule is CC(CN(C)C)C1C=CC(N(C)C)CC1. The van der Waals surface area contributed by atoms with Crippen molar-refractivity contribution < 1.29 is 0 Å². The molecule has 1 rings (SSSR count). The van der Waals surface area contributed by atoms with Crippen molar-refractivity contribution in [1.29, 1.82) is 0 Å². The highest BCUT2D eigenvalue weighted by molar-refractivity contribution is 5.03. The molecule has 15 heavy (non-hydrogen) atoms. The first kappa shape index (κ1) is 12.7. The van der Waals surface area contributed by atoms with Crippen molar-refractivity contribution in [3.63, 3.8) is 0 Å². The number of hydrogen-bond donors (Lipinski definition) is 0. The molecule has 0 saturated heterocycles. The molecular weight excluding hydrogens is 184 g/mol. The molecule has 0 aromatic heterocycles. The van der Waals surface area contributed by atoms with Crippen LogP contribution in [0.25, 0.3) is 0 Å². The minimum absolute atomic E-state index is 0.660. The molecule has 2 nitrogen and oxygen atoms in total. The smallest absolute Gasteiger partial charge is 0.0272 e. The fourth-order valence-corrected chi connectivity index (χ4v) is 2.44. The Morgan fingerprint density at radius 3 is 2.20 bits per heavy atom. The van der Waals surface area contributed by atoms with Gasteiger partial charge in [0, 0.05) is 12.6 Å². The largest absolute Gasteiger partial charge is 0.309 e. The van der Waals surface area contributed by atoms with Gasteiger partial charge in [0.15, 0.2) is 0 Å². The van der Waals surface area contributed by atoms with E-state index in [1.54, 1.807) is 0 Å². The number of allylic oxidation sites excluding steroid dienone is 1. The maximum atomic E-state index is 2.43. The molecule has 1 aliphatic carbocycles. The van der Waals surface area contributed by atoms with Gasteiger partial charge in [0.25, 0.3) is 0 Å². The zero-order chi connectivity index (χ0) is 11.4. The summed E-state index contributed by atoms with van der Waals surface area (Å²) in [6.45, 7) is 3.56. The highest BCUT2D eigenvalue weighted by atomic mass is 15.1. The monoisotopic (exact) mass is 210 g/mol. The Labute approximate surface area is 94.9 Å². The Bertz CT molecular complexity index is 209. The molecule has 0 fully saturated rings. The first-order valence-electron chi connectivity index (χ1n) is 6.00. The van der Waals surface area contributed by atoms with Crippen LogP contribution in [0.4, 0.5) is 0 Å². The molecule has 0 bridgehead atoms. The van der Waals surface area contributed by atoms with E-state index >= 15 is 0 Å². The normalized spacial score (nSPS) is 28.7. The summed E-state index contributed by atoms with van der Waals surface area (Å²) in [6.07, 6.45) is 7.48. The summed E-state index contributed by atoms with van der Waals surface area (Å²) in [5.74, 6) is 1.56. The van der Waals surface area contributed by atoms with E-state index in [4.69, 9.17) is 0 Å². The Morgan fingerprint density at radius 2 is 1.80 bits per heavy atom. The zero-order valence-corrected chi connectivity index (χ0v) is 10.9. The van der Waals surface area contributed by atoms with E-state index in [1.807, 2.05) is 0 Å². The van der Waals surface area contributed by atoms with Gasteiger partial charge >= 0.3 is 0 Å². The van der Waals surface area contributed by atoms with Gasteiger partial charge in [0.2, 0.25) is 0 Å². The van der Waals surface area contributed by atoms with Crippen molar-refractivity contribution in [2.45, 2.75) is 25.8 Å². The van der Waals surface area contributed by atoms with E-state index in [0.717, 1.165) is 11.8 Å². The summed E-state index contributed by atoms with van der Waals surface area (Å²) < 4.78 is 0. The summed E-state index contributed by atoms with van der Waals surface area (Å²) in [4.78, 5) is 4.60. The first-order chi connectivity index (χ1) is 7.00. The zero-order valence-electron chi connectivity index (χ0n) is 10.9. The van der Waals surface area contributed by atoms with Gasteiger partial charge in [0.05, 0.1) is 0 Å². The van der Waals surface area contributed by atoms with E-state index in [9.17, 15) is 0 Å². The summed E-state index contributed by atoms with van der Waals surface area (Å²) >= 11 is 0. The predicted octanol–water partition coefficient (Wildman–Crippen LogP) is 2.08. The summed E-state index contributed by atoms with van der Waals surface area (Å²) in [7, 11) is 8.65. The molecule has 0 aromatic rings. The summed E-state index contributed by atoms with van der Waals surface area (Å²) in [5, 5.41) is 0. The molecule has 0 N–H and O–H groups in total. The Balaban J connectivity index is 2.44. The van der Waals surface area contributed by atoms with Crippen LogP contribution >= 0.6 is 0 Å². The van der Waals surface area contributed by atoms with E-state index in [0.29, 0.717) is 6.04 Å². The third-order valence-corrected chi connectivity index (χ3v) is 3.42. The van der Waals surface area contributed by atoms with Crippen LogP contribution in [0, 0.1) is 11.8 Å². The number of nitrogens with zero attached hydrogens (tertiary/aromatic N) is 2. The second-order valence-electron chi connectivity index (χ2n) is 5.40. The van der Waals surface area contributed by atoms with Gasteiger partial charge in [-0.1, -0.05) is 19.1 Å². The van der Waals surface area contributed by atoms with Crippen LogP contribution in [0.5, 0.6) is 0 Å². The highest BCUT2D eigenvalue weighted by Crippen LogP contribution is 2.26. The molecule has 3 atom stereocenters. The molecule has 2 heteroatoms. The van der Waals surface area contributed by atoms with Crippen LogP contribution in [0.1, 0.15) is 19.8 Å². The van der Waals surface area contributed by atoms with Gasteiger partial charge in [0.1, 0.15) is 0 Å². The van der Waals surface area contributed by atoms with Crippen molar-refractivity contribution in [1.82, 2.24) is 9.80 Å². The number of likely N-dealkylation sites (N-methyl/N-ethyl adjacent to an activating group) is 1. The lowest BCUT2D eigenvalue weighted by molar-refractivity contribution is 0.244. The molecule has 88 valence electrons. The van der Waals surface area contributed by atoms with Crippen LogP contribution in [-0.2, 0) is 0 Å². The first-order valence-corrected chi connectivity index (χ1v) is 6.00. The lowest BCUT2D eigenvalue weighted by atomic mass is 9.83. The lowest BCUT2D eigenvalue weighted by Gasteiger charge is -2.31. The molecule has 0 aliphatic heterocycles. The van der Waals surface area contributed by atoms with Crippen LogP contribution in [-0.4, -0.2) is 50.6 Å². The Hall–Kier alpha value is -0.340. The van der Waals surface area contributed by atoms with Crippen molar-refractivity contribution in [2.24, 2.45) is 11.8 Å². The summed E-state index contributed by atoms with van der Waals surface area (Å²) in [5.41, 5.74) is 0. The van der Waals surface area contributed by atoms with Crippen LogP contribution in [0.15, 0.2) is 12.2 Å². The van der Waals surface area contributed by atoms with Gasteiger partial charge in [-0.15, -0.1) is 0 Å². The minimum atomic E-state index is 0.660. The molecule has 0 heterocycles. The van der Waals surface area contributed by atoms with Crippen molar-refractivity contribution >= 4 is 0 Å². The van der Waals surface area contributed by atoms with E-state index in [2.05, 4.69) is 57.1 Å². The molecule has 0 aromatic carbocycles. The van der Waals surface area contributed by atoms with Gasteiger partial charge in [-0.05, 0) is 52.9 Å². The topological polar surface area (TPSA) is 6.48 Å². The van der Waals surface area contributed by atoms with Gasteiger partial charge < -0.3 is 9.80 Å². The minimum Gasteiger partial charge on any atom is -0.309 e. The third-order valence-electron chi connectivity index (χ3n) is 3.42. The molecule has 1 aliphatic rings. The van der Waals surface area contributed by atoms with Gasteiger partial charge in [-0.2, -0.15) is 0 Å². The lowest BCUT2D eigenvalue weighted by Crippen LogP contribution is -2.32. The Morgan fingerprint density at radius 1 is 1.13 bits per heavy atom. The second-order valence-corrected chi connectivity index (χ2v) is 5.40. The van der Waals surface area contributed by atoms with Crippen molar-refractivity contribution in [3.8, 4) is 0 Å². The van der Waals surface area contributed by atoms with Crippen LogP contribution < -0.4 is 0 Å². The molecular formula is C13H26N2. The van der Waals surface area contributed by atoms with E-state index < -0.39 is 0 Å². The van der Waals surface area contributed by atoms with E-state index in [1.165, 1.54) is 19.4 Å². The molecule has 0 radical (unpaired) electrons. The molecule has 0 saturated carbocycles. The van der Waals surface area contributed by atoms with Gasteiger partial charge in [-0.3, -0.25) is 0 Å². The summed E-state index contributed by atoms with van der Waals surface area (Å²) in [6, 6.07) is 0.660. The average molecular weight is 210 g/mol. The standard InChI is InChI=1S/C13H26N2/c1-11(10-14(2)3)12-6-8-13(9-7-12)15(4)5/h6,8,11-13H,7,9-10H2,1-5H3. The maximum absolute atomic E-state index is 2.43.